The maximum atomic E-state index is 3.71. The van der Waals surface area contributed by atoms with Crippen LogP contribution in [0.4, 0.5) is 0 Å². The zero-order valence-electron chi connectivity index (χ0n) is 10.8. The summed E-state index contributed by atoms with van der Waals surface area (Å²) >= 11 is 0. The molecule has 1 saturated heterocycles. The Balaban J connectivity index is 2.28. The van der Waals surface area contributed by atoms with Crippen LogP contribution in [0.3, 0.4) is 0 Å². The van der Waals surface area contributed by atoms with Gasteiger partial charge in [0, 0.05) is 18.6 Å². The van der Waals surface area contributed by atoms with Crippen LogP contribution in [0.5, 0.6) is 0 Å². The van der Waals surface area contributed by atoms with Gasteiger partial charge >= 0.3 is 0 Å². The van der Waals surface area contributed by atoms with Crippen LogP contribution in [-0.2, 0) is 0 Å². The minimum atomic E-state index is 0.727. The minimum absolute atomic E-state index is 0.727. The molecule has 0 amide bonds. The highest BCUT2D eigenvalue weighted by atomic mass is 15.2. The lowest BCUT2D eigenvalue weighted by molar-refractivity contribution is 0.149. The molecule has 1 aliphatic rings. The van der Waals surface area contributed by atoms with E-state index in [4.69, 9.17) is 0 Å². The van der Waals surface area contributed by atoms with Crippen LogP contribution in [0.1, 0.15) is 52.9 Å². The Morgan fingerprint density at radius 1 is 1.20 bits per heavy atom. The van der Waals surface area contributed by atoms with Crippen molar-refractivity contribution in [3.63, 3.8) is 0 Å². The number of likely N-dealkylation sites (tertiary alicyclic amines) is 1. The fourth-order valence-electron chi connectivity index (χ4n) is 2.59. The van der Waals surface area contributed by atoms with Crippen LogP contribution in [0, 0.1) is 0 Å². The Kier molecular flexibility index (Phi) is 6.26. The highest BCUT2D eigenvalue weighted by molar-refractivity contribution is 4.79. The van der Waals surface area contributed by atoms with E-state index in [9.17, 15) is 0 Å². The zero-order chi connectivity index (χ0) is 11.1. The lowest BCUT2D eigenvalue weighted by Gasteiger charge is -2.35. The van der Waals surface area contributed by atoms with Gasteiger partial charge in [0.1, 0.15) is 0 Å². The van der Waals surface area contributed by atoms with Crippen LogP contribution in [0.2, 0.25) is 0 Å². The molecule has 1 aliphatic heterocycles. The third-order valence-electron chi connectivity index (χ3n) is 3.78. The van der Waals surface area contributed by atoms with Crippen molar-refractivity contribution >= 4 is 0 Å². The second-order valence-corrected chi connectivity index (χ2v) is 4.70. The van der Waals surface area contributed by atoms with E-state index in [0.717, 1.165) is 12.1 Å². The predicted octanol–water partition coefficient (Wildman–Crippen LogP) is 2.64. The summed E-state index contributed by atoms with van der Waals surface area (Å²) in [5, 5.41) is 3.71. The Morgan fingerprint density at radius 3 is 2.53 bits per heavy atom. The van der Waals surface area contributed by atoms with Crippen molar-refractivity contribution < 1.29 is 0 Å². The largest absolute Gasteiger partial charge is 0.312 e. The average Bonchev–Trinajstić information content (AvgIpc) is 2.31. The molecule has 0 spiro atoms. The number of nitrogens with one attached hydrogen (secondary N) is 1. The summed E-state index contributed by atoms with van der Waals surface area (Å²) in [6.07, 6.45) is 6.73. The van der Waals surface area contributed by atoms with Gasteiger partial charge in [0.25, 0.3) is 0 Å². The van der Waals surface area contributed by atoms with Crippen LogP contribution >= 0.6 is 0 Å². The molecule has 2 nitrogen and oxygen atoms in total. The molecule has 15 heavy (non-hydrogen) atoms. The lowest BCUT2D eigenvalue weighted by atomic mass is 10.0. The van der Waals surface area contributed by atoms with E-state index in [-0.39, 0.29) is 0 Å². The van der Waals surface area contributed by atoms with Crippen molar-refractivity contribution in [3.8, 4) is 0 Å². The quantitative estimate of drug-likeness (QED) is 0.728. The maximum Gasteiger partial charge on any atom is 0.0220 e. The van der Waals surface area contributed by atoms with Gasteiger partial charge in [-0.05, 0) is 38.8 Å². The average molecular weight is 212 g/mol. The van der Waals surface area contributed by atoms with Gasteiger partial charge in [-0.3, -0.25) is 4.90 Å². The summed E-state index contributed by atoms with van der Waals surface area (Å²) in [5.41, 5.74) is 0. The monoisotopic (exact) mass is 212 g/mol. The van der Waals surface area contributed by atoms with Gasteiger partial charge in [-0.2, -0.15) is 0 Å². The van der Waals surface area contributed by atoms with Gasteiger partial charge in [0.05, 0.1) is 0 Å². The molecule has 0 aromatic carbocycles. The molecule has 1 atom stereocenters. The normalized spacial score (nSPS) is 23.6. The summed E-state index contributed by atoms with van der Waals surface area (Å²) in [6, 6.07) is 1.52. The summed E-state index contributed by atoms with van der Waals surface area (Å²) in [7, 11) is 0. The van der Waals surface area contributed by atoms with E-state index in [2.05, 4.69) is 31.0 Å². The third-order valence-corrected chi connectivity index (χ3v) is 3.78. The molecule has 0 aromatic rings. The van der Waals surface area contributed by atoms with Crippen LogP contribution in [0.15, 0.2) is 0 Å². The van der Waals surface area contributed by atoms with Crippen molar-refractivity contribution in [3.05, 3.63) is 0 Å². The number of rotatable bonds is 6. The summed E-state index contributed by atoms with van der Waals surface area (Å²) in [6.45, 7) is 10.6. The van der Waals surface area contributed by atoms with Crippen LogP contribution in [-0.4, -0.2) is 36.6 Å². The predicted molar refractivity (Wildman–Crippen MR) is 67.3 cm³/mol. The molecule has 2 heteroatoms. The molecule has 0 aliphatic carbocycles. The van der Waals surface area contributed by atoms with Crippen molar-refractivity contribution in [1.29, 1.82) is 0 Å². The Bertz CT molecular complexity index is 155. The SMILES string of the molecule is CCC(CC)NCC1CCCCN1CC. The van der Waals surface area contributed by atoms with Crippen LogP contribution < -0.4 is 5.32 Å². The van der Waals surface area contributed by atoms with Gasteiger partial charge in [-0.25, -0.2) is 0 Å². The first-order valence-corrected chi connectivity index (χ1v) is 6.79. The van der Waals surface area contributed by atoms with E-state index in [1.807, 2.05) is 0 Å². The second kappa shape index (κ2) is 7.24. The van der Waals surface area contributed by atoms with Gasteiger partial charge in [-0.1, -0.05) is 27.2 Å². The Hall–Kier alpha value is -0.0800. The Labute approximate surface area is 95.4 Å². The number of piperidine rings is 1. The first kappa shape index (κ1) is 13.0. The number of hydrogen-bond acceptors (Lipinski definition) is 2. The summed E-state index contributed by atoms with van der Waals surface area (Å²) in [4.78, 5) is 2.64. The summed E-state index contributed by atoms with van der Waals surface area (Å²) < 4.78 is 0. The molecule has 1 fully saturated rings. The van der Waals surface area contributed by atoms with Gasteiger partial charge < -0.3 is 5.32 Å². The standard InChI is InChI=1S/C13H28N2/c1-4-12(5-2)14-11-13-9-7-8-10-15(13)6-3/h12-14H,4-11H2,1-3H3. The fraction of sp³-hybridized carbons (Fsp3) is 1.00. The van der Waals surface area contributed by atoms with Gasteiger partial charge in [0.15, 0.2) is 0 Å². The van der Waals surface area contributed by atoms with E-state index < -0.39 is 0 Å². The molecule has 0 bridgehead atoms. The van der Waals surface area contributed by atoms with E-state index >= 15 is 0 Å². The van der Waals surface area contributed by atoms with Crippen molar-refractivity contribution in [2.24, 2.45) is 0 Å². The highest BCUT2D eigenvalue weighted by Gasteiger charge is 2.20. The number of nitrogens with zero attached hydrogens (tertiary/aromatic N) is 1. The number of likely N-dealkylation sites (N-methyl/N-ethyl adjacent to an activating group) is 1. The minimum Gasteiger partial charge on any atom is -0.312 e. The third kappa shape index (κ3) is 4.12. The Morgan fingerprint density at radius 2 is 1.93 bits per heavy atom. The van der Waals surface area contributed by atoms with Crippen LogP contribution in [0.25, 0.3) is 0 Å². The zero-order valence-corrected chi connectivity index (χ0v) is 10.8. The molecule has 0 saturated carbocycles. The molecule has 1 heterocycles. The van der Waals surface area contributed by atoms with Crippen molar-refractivity contribution in [2.75, 3.05) is 19.6 Å². The van der Waals surface area contributed by atoms with E-state index in [1.54, 1.807) is 0 Å². The molecule has 0 radical (unpaired) electrons. The smallest absolute Gasteiger partial charge is 0.0220 e. The topological polar surface area (TPSA) is 15.3 Å². The van der Waals surface area contributed by atoms with Crippen molar-refractivity contribution in [2.45, 2.75) is 65.0 Å². The highest BCUT2D eigenvalue weighted by Crippen LogP contribution is 2.16. The molecular formula is C13H28N2. The van der Waals surface area contributed by atoms with Crippen molar-refractivity contribution in [1.82, 2.24) is 10.2 Å². The molecule has 0 aromatic heterocycles. The first-order chi connectivity index (χ1) is 7.31. The molecule has 90 valence electrons. The molecule has 1 rings (SSSR count). The lowest BCUT2D eigenvalue weighted by Crippen LogP contribution is -2.47. The second-order valence-electron chi connectivity index (χ2n) is 4.70. The molecular weight excluding hydrogens is 184 g/mol. The van der Waals surface area contributed by atoms with Gasteiger partial charge in [-0.15, -0.1) is 0 Å². The maximum absolute atomic E-state index is 3.71. The fourth-order valence-corrected chi connectivity index (χ4v) is 2.59. The summed E-state index contributed by atoms with van der Waals surface area (Å²) in [5.74, 6) is 0. The van der Waals surface area contributed by atoms with Gasteiger partial charge in [0.2, 0.25) is 0 Å². The van der Waals surface area contributed by atoms with E-state index in [0.29, 0.717) is 0 Å². The molecule has 1 N–H and O–H groups in total. The first-order valence-electron chi connectivity index (χ1n) is 6.79. The number of hydrogen-bond donors (Lipinski definition) is 1. The molecule has 1 unspecified atom stereocenters. The van der Waals surface area contributed by atoms with E-state index in [1.165, 1.54) is 51.7 Å².